The minimum absolute atomic E-state index is 0.768. The van der Waals surface area contributed by atoms with E-state index in [1.165, 1.54) is 5.56 Å². The van der Waals surface area contributed by atoms with Crippen molar-refractivity contribution < 1.29 is 0 Å². The highest BCUT2D eigenvalue weighted by Crippen LogP contribution is 2.12. The monoisotopic (exact) mass is 340 g/mol. The lowest BCUT2D eigenvalue weighted by Gasteiger charge is -2.20. The maximum Gasteiger partial charge on any atom is 0.225 e. The summed E-state index contributed by atoms with van der Waals surface area (Å²) < 4.78 is 1.05. The standard InChI is InChI=1S/C12H13IN4/c1-2-17(9-10-3-5-14-6-4-10)12-15-7-11(13)8-16-12/h3-8H,2,9H2,1H3. The molecule has 0 spiro atoms. The molecule has 0 unspecified atom stereocenters. The fourth-order valence-corrected chi connectivity index (χ4v) is 1.78. The third-order valence-corrected chi connectivity index (χ3v) is 2.95. The van der Waals surface area contributed by atoms with Crippen LogP contribution in [0.5, 0.6) is 0 Å². The molecule has 0 amide bonds. The van der Waals surface area contributed by atoms with Gasteiger partial charge in [0.2, 0.25) is 5.95 Å². The topological polar surface area (TPSA) is 41.9 Å². The summed E-state index contributed by atoms with van der Waals surface area (Å²) in [6, 6.07) is 4.02. The molecule has 0 saturated carbocycles. The van der Waals surface area contributed by atoms with Gasteiger partial charge in [-0.1, -0.05) is 0 Å². The van der Waals surface area contributed by atoms with Gasteiger partial charge in [-0.2, -0.15) is 0 Å². The highest BCUT2D eigenvalue weighted by molar-refractivity contribution is 14.1. The van der Waals surface area contributed by atoms with Crippen LogP contribution in [0.3, 0.4) is 0 Å². The predicted molar refractivity (Wildman–Crippen MR) is 75.7 cm³/mol. The smallest absolute Gasteiger partial charge is 0.225 e. The third-order valence-electron chi connectivity index (χ3n) is 2.39. The predicted octanol–water partition coefficient (Wildman–Crippen LogP) is 2.50. The first-order valence-electron chi connectivity index (χ1n) is 5.41. The van der Waals surface area contributed by atoms with Crippen LogP contribution in [0.2, 0.25) is 0 Å². The maximum atomic E-state index is 4.34. The molecule has 0 fully saturated rings. The molecule has 2 heterocycles. The fraction of sp³-hybridized carbons (Fsp3) is 0.250. The molecule has 5 heteroatoms. The molecule has 0 aliphatic rings. The third kappa shape index (κ3) is 3.36. The van der Waals surface area contributed by atoms with Crippen LogP contribution in [0.4, 0.5) is 5.95 Å². The molecular weight excluding hydrogens is 327 g/mol. The minimum Gasteiger partial charge on any atom is -0.337 e. The summed E-state index contributed by atoms with van der Waals surface area (Å²) >= 11 is 2.20. The number of halogens is 1. The molecule has 0 radical (unpaired) electrons. The molecule has 0 aliphatic heterocycles. The molecule has 0 saturated heterocycles. The largest absolute Gasteiger partial charge is 0.337 e. The first kappa shape index (κ1) is 12.2. The van der Waals surface area contributed by atoms with E-state index in [0.717, 1.165) is 22.6 Å². The van der Waals surface area contributed by atoms with Gasteiger partial charge in [-0.25, -0.2) is 9.97 Å². The summed E-state index contributed by atoms with van der Waals surface area (Å²) in [6.45, 7) is 3.78. The Labute approximate surface area is 114 Å². The lowest BCUT2D eigenvalue weighted by atomic mass is 10.2. The van der Waals surface area contributed by atoms with Crippen molar-refractivity contribution in [2.24, 2.45) is 0 Å². The first-order chi connectivity index (χ1) is 8.29. The SMILES string of the molecule is CCN(Cc1ccncc1)c1ncc(I)cn1. The summed E-state index contributed by atoms with van der Waals surface area (Å²) in [7, 11) is 0. The summed E-state index contributed by atoms with van der Waals surface area (Å²) in [6.07, 6.45) is 7.27. The van der Waals surface area contributed by atoms with Crippen LogP contribution in [0.15, 0.2) is 36.9 Å². The van der Waals surface area contributed by atoms with Crippen molar-refractivity contribution in [3.63, 3.8) is 0 Å². The van der Waals surface area contributed by atoms with Crippen LogP contribution >= 0.6 is 22.6 Å². The molecule has 0 atom stereocenters. The molecule has 2 aromatic rings. The van der Waals surface area contributed by atoms with E-state index in [0.29, 0.717) is 0 Å². The number of anilines is 1. The number of nitrogens with zero attached hydrogens (tertiary/aromatic N) is 4. The highest BCUT2D eigenvalue weighted by atomic mass is 127. The number of pyridine rings is 1. The number of rotatable bonds is 4. The summed E-state index contributed by atoms with van der Waals surface area (Å²) in [5.74, 6) is 0.768. The Balaban J connectivity index is 2.14. The normalized spacial score (nSPS) is 10.2. The first-order valence-corrected chi connectivity index (χ1v) is 6.49. The number of hydrogen-bond donors (Lipinski definition) is 0. The highest BCUT2D eigenvalue weighted by Gasteiger charge is 2.07. The van der Waals surface area contributed by atoms with Crippen LogP contribution in [0.25, 0.3) is 0 Å². The van der Waals surface area contributed by atoms with E-state index in [1.54, 1.807) is 12.4 Å². The molecule has 17 heavy (non-hydrogen) atoms. The van der Waals surface area contributed by atoms with Crippen LogP contribution < -0.4 is 4.90 Å². The molecule has 0 bridgehead atoms. The van der Waals surface area contributed by atoms with Crippen LogP contribution in [-0.2, 0) is 6.54 Å². The lowest BCUT2D eigenvalue weighted by molar-refractivity contribution is 0.789. The van der Waals surface area contributed by atoms with Gasteiger partial charge in [0.1, 0.15) is 0 Å². The second-order valence-corrected chi connectivity index (χ2v) is 4.82. The van der Waals surface area contributed by atoms with E-state index in [9.17, 15) is 0 Å². The van der Waals surface area contributed by atoms with E-state index in [-0.39, 0.29) is 0 Å². The van der Waals surface area contributed by atoms with Crippen LogP contribution in [0.1, 0.15) is 12.5 Å². The molecule has 4 nitrogen and oxygen atoms in total. The van der Waals surface area contributed by atoms with Crippen molar-refractivity contribution in [3.05, 3.63) is 46.1 Å². The van der Waals surface area contributed by atoms with Crippen molar-refractivity contribution >= 4 is 28.5 Å². The fourth-order valence-electron chi connectivity index (χ4n) is 1.50. The summed E-state index contributed by atoms with van der Waals surface area (Å²) in [4.78, 5) is 14.8. The molecule has 2 aromatic heterocycles. The Morgan fingerprint density at radius 2 is 1.82 bits per heavy atom. The van der Waals surface area contributed by atoms with Crippen molar-refractivity contribution in [3.8, 4) is 0 Å². The van der Waals surface area contributed by atoms with Crippen molar-refractivity contribution in [2.45, 2.75) is 13.5 Å². The van der Waals surface area contributed by atoms with Gasteiger partial charge in [0.15, 0.2) is 0 Å². The van der Waals surface area contributed by atoms with E-state index < -0.39 is 0 Å². The van der Waals surface area contributed by atoms with Gasteiger partial charge in [0, 0.05) is 41.4 Å². The van der Waals surface area contributed by atoms with Gasteiger partial charge in [-0.15, -0.1) is 0 Å². The zero-order valence-electron chi connectivity index (χ0n) is 9.55. The van der Waals surface area contributed by atoms with Crippen LogP contribution in [-0.4, -0.2) is 21.5 Å². The quantitative estimate of drug-likeness (QED) is 0.802. The molecule has 2 rings (SSSR count). The van der Waals surface area contributed by atoms with Crippen molar-refractivity contribution in [1.29, 1.82) is 0 Å². The summed E-state index contributed by atoms with van der Waals surface area (Å²) in [5.41, 5.74) is 1.21. The maximum absolute atomic E-state index is 4.34. The second-order valence-electron chi connectivity index (χ2n) is 3.57. The Hall–Kier alpha value is -1.24. The second kappa shape index (κ2) is 5.90. The minimum atomic E-state index is 0.768. The molecule has 0 N–H and O–H groups in total. The van der Waals surface area contributed by atoms with E-state index in [4.69, 9.17) is 0 Å². The van der Waals surface area contributed by atoms with Gasteiger partial charge in [0.05, 0.1) is 0 Å². The average molecular weight is 340 g/mol. The molecule has 0 aromatic carbocycles. The zero-order chi connectivity index (χ0) is 12.1. The van der Waals surface area contributed by atoms with Gasteiger partial charge >= 0.3 is 0 Å². The van der Waals surface area contributed by atoms with Gasteiger partial charge in [-0.3, -0.25) is 4.98 Å². The summed E-state index contributed by atoms with van der Waals surface area (Å²) in [5, 5.41) is 0. The molecule has 0 aliphatic carbocycles. The van der Waals surface area contributed by atoms with Crippen molar-refractivity contribution in [1.82, 2.24) is 15.0 Å². The molecular formula is C12H13IN4. The Kier molecular flexibility index (Phi) is 4.24. The molecule has 88 valence electrons. The Morgan fingerprint density at radius 3 is 2.41 bits per heavy atom. The van der Waals surface area contributed by atoms with E-state index in [2.05, 4.69) is 49.4 Å². The Morgan fingerprint density at radius 1 is 1.18 bits per heavy atom. The number of hydrogen-bond acceptors (Lipinski definition) is 4. The van der Waals surface area contributed by atoms with E-state index in [1.807, 2.05) is 24.5 Å². The average Bonchev–Trinajstić information content (AvgIpc) is 2.38. The van der Waals surface area contributed by atoms with Gasteiger partial charge in [0.25, 0.3) is 0 Å². The van der Waals surface area contributed by atoms with Crippen LogP contribution in [0, 0.1) is 3.57 Å². The zero-order valence-corrected chi connectivity index (χ0v) is 11.7. The Bertz CT molecular complexity index is 458. The number of aromatic nitrogens is 3. The van der Waals surface area contributed by atoms with Gasteiger partial charge in [-0.05, 0) is 47.2 Å². The lowest BCUT2D eigenvalue weighted by Crippen LogP contribution is -2.24. The van der Waals surface area contributed by atoms with Gasteiger partial charge < -0.3 is 4.90 Å². The van der Waals surface area contributed by atoms with Crippen molar-refractivity contribution in [2.75, 3.05) is 11.4 Å². The van der Waals surface area contributed by atoms with E-state index >= 15 is 0 Å².